The minimum atomic E-state index is 0.0386. The maximum absolute atomic E-state index is 4.83. The van der Waals surface area contributed by atoms with Crippen molar-refractivity contribution >= 4 is 0 Å². The number of hydrogen-bond donors (Lipinski definition) is 0. The summed E-state index contributed by atoms with van der Waals surface area (Å²) in [6, 6.07) is 29.0. The van der Waals surface area contributed by atoms with Gasteiger partial charge in [-0.15, -0.1) is 0 Å². The number of nitrogens with zero attached hydrogens (tertiary/aromatic N) is 2. The van der Waals surface area contributed by atoms with E-state index in [9.17, 15) is 0 Å². The Morgan fingerprint density at radius 2 is 1.46 bits per heavy atom. The Morgan fingerprint density at radius 3 is 2.22 bits per heavy atom. The third-order valence-electron chi connectivity index (χ3n) is 7.75. The molecule has 1 aliphatic rings. The fourth-order valence-electron chi connectivity index (χ4n) is 6.15. The van der Waals surface area contributed by atoms with Gasteiger partial charge in [0.2, 0.25) is 0 Å². The Morgan fingerprint density at radius 1 is 0.784 bits per heavy atom. The second-order valence-corrected chi connectivity index (χ2v) is 11.4. The molecule has 0 unspecified atom stereocenters. The van der Waals surface area contributed by atoms with Crippen molar-refractivity contribution in [2.24, 2.45) is 0 Å². The molecule has 184 valence electrons. The van der Waals surface area contributed by atoms with Crippen LogP contribution in [0.15, 0.2) is 91.3 Å². The third kappa shape index (κ3) is 4.11. The van der Waals surface area contributed by atoms with Gasteiger partial charge in [-0.05, 0) is 82.2 Å². The summed E-state index contributed by atoms with van der Waals surface area (Å²) in [5.41, 5.74) is 14.8. The van der Waals surface area contributed by atoms with E-state index in [1.165, 1.54) is 61.3 Å². The lowest BCUT2D eigenvalue weighted by Crippen LogP contribution is -2.14. The highest BCUT2D eigenvalue weighted by Gasteiger charge is 2.23. The molecule has 1 aromatic heterocycles. The maximum atomic E-state index is 4.83. The molecule has 2 nitrogen and oxygen atoms in total. The van der Waals surface area contributed by atoms with Gasteiger partial charge in [0.1, 0.15) is 5.82 Å². The zero-order valence-corrected chi connectivity index (χ0v) is 22.5. The van der Waals surface area contributed by atoms with Crippen LogP contribution >= 0.6 is 0 Å². The summed E-state index contributed by atoms with van der Waals surface area (Å²) in [5, 5.41) is 0. The number of fused-ring (bicyclic) bond motifs is 3. The second-order valence-electron chi connectivity index (χ2n) is 11.4. The molecule has 0 aliphatic heterocycles. The molecule has 6 rings (SSSR count). The largest absolute Gasteiger partial charge is 0.299 e. The lowest BCUT2D eigenvalue weighted by molar-refractivity contribution is 0.591. The molecule has 0 saturated carbocycles. The summed E-state index contributed by atoms with van der Waals surface area (Å²) in [6.07, 6.45) is 6.00. The van der Waals surface area contributed by atoms with Crippen LogP contribution in [-0.2, 0) is 18.3 Å². The molecule has 1 heterocycles. The molecule has 0 fully saturated rings. The van der Waals surface area contributed by atoms with Gasteiger partial charge in [0.25, 0.3) is 0 Å². The van der Waals surface area contributed by atoms with Gasteiger partial charge < -0.3 is 0 Å². The predicted octanol–water partition coefficient (Wildman–Crippen LogP) is 8.62. The summed E-state index contributed by atoms with van der Waals surface area (Å²) < 4.78 is 2.27. The predicted molar refractivity (Wildman–Crippen MR) is 155 cm³/mol. The summed E-state index contributed by atoms with van der Waals surface area (Å²) >= 11 is 0. The summed E-state index contributed by atoms with van der Waals surface area (Å²) in [6.45, 7) is 11.3. The van der Waals surface area contributed by atoms with E-state index in [0.29, 0.717) is 0 Å². The smallest absolute Gasteiger partial charge is 0.144 e. The summed E-state index contributed by atoms with van der Waals surface area (Å²) in [5.74, 6) is 1.00. The van der Waals surface area contributed by atoms with Crippen molar-refractivity contribution in [3.63, 3.8) is 0 Å². The van der Waals surface area contributed by atoms with Gasteiger partial charge in [0, 0.05) is 18.0 Å². The Balaban J connectivity index is 1.38. The molecule has 2 heteroatoms. The van der Waals surface area contributed by atoms with Gasteiger partial charge >= 0.3 is 0 Å². The fraction of sp³-hybridized carbons (Fsp3) is 0.229. The number of imidazole rings is 1. The monoisotopic (exact) mass is 482 g/mol. The highest BCUT2D eigenvalue weighted by atomic mass is 15.1. The van der Waals surface area contributed by atoms with Gasteiger partial charge in [-0.1, -0.05) is 99.6 Å². The zero-order chi connectivity index (χ0) is 25.7. The molecule has 5 aromatic rings. The first-order chi connectivity index (χ1) is 17.8. The van der Waals surface area contributed by atoms with Crippen LogP contribution in [0.25, 0.3) is 28.2 Å². The van der Waals surface area contributed by atoms with Crippen LogP contribution in [0.5, 0.6) is 0 Å². The van der Waals surface area contributed by atoms with Gasteiger partial charge in [0.15, 0.2) is 0 Å². The van der Waals surface area contributed by atoms with E-state index >= 15 is 0 Å². The van der Waals surface area contributed by atoms with Gasteiger partial charge in [-0.2, -0.15) is 0 Å². The molecule has 1 aliphatic carbocycles. The first-order valence-corrected chi connectivity index (χ1v) is 13.2. The van der Waals surface area contributed by atoms with E-state index < -0.39 is 0 Å². The van der Waals surface area contributed by atoms with E-state index in [1.54, 1.807) is 0 Å². The zero-order valence-electron chi connectivity index (χ0n) is 22.5. The molecule has 4 aromatic carbocycles. The molecule has 0 radical (unpaired) electrons. The number of aryl methyl sites for hydroxylation is 2. The van der Waals surface area contributed by atoms with E-state index in [4.69, 9.17) is 4.98 Å². The molecule has 37 heavy (non-hydrogen) atoms. The Kier molecular flexibility index (Phi) is 5.64. The topological polar surface area (TPSA) is 17.8 Å². The van der Waals surface area contributed by atoms with E-state index in [0.717, 1.165) is 18.7 Å². The third-order valence-corrected chi connectivity index (χ3v) is 7.75. The molecule has 0 atom stereocenters. The second kappa shape index (κ2) is 8.88. The standard InChI is InChI=1S/C35H34N2/c1-23-19-25(21-26-12-10-15-29-28-13-7-6-11-27(28)22-31(26)29)20-24(2)33(23)37-18-17-36-34(37)30-14-8-9-16-32(30)35(3,4)5/h6-20H,21-22H2,1-5H3. The first kappa shape index (κ1) is 23.5. The molecular weight excluding hydrogens is 448 g/mol. The normalized spacial score (nSPS) is 12.5. The highest BCUT2D eigenvalue weighted by Crippen LogP contribution is 2.39. The minimum absolute atomic E-state index is 0.0386. The summed E-state index contributed by atoms with van der Waals surface area (Å²) in [4.78, 5) is 4.83. The van der Waals surface area contributed by atoms with Crippen molar-refractivity contribution in [3.05, 3.63) is 130 Å². The SMILES string of the molecule is Cc1cc(Cc2cccc3c2Cc2ccccc2-3)cc(C)c1-n1ccnc1-c1ccccc1C(C)(C)C. The lowest BCUT2D eigenvalue weighted by atomic mass is 9.83. The number of aromatic nitrogens is 2. The Hall–Kier alpha value is -3.91. The molecule has 0 saturated heterocycles. The van der Waals surface area contributed by atoms with Crippen molar-refractivity contribution in [1.29, 1.82) is 0 Å². The fourth-order valence-corrected chi connectivity index (χ4v) is 6.15. The molecule has 0 bridgehead atoms. The summed E-state index contributed by atoms with van der Waals surface area (Å²) in [7, 11) is 0. The first-order valence-electron chi connectivity index (χ1n) is 13.2. The molecule has 0 amide bonds. The van der Waals surface area contributed by atoms with Crippen LogP contribution < -0.4 is 0 Å². The van der Waals surface area contributed by atoms with Crippen LogP contribution in [0.2, 0.25) is 0 Å². The maximum Gasteiger partial charge on any atom is 0.144 e. The van der Waals surface area contributed by atoms with E-state index in [-0.39, 0.29) is 5.41 Å². The minimum Gasteiger partial charge on any atom is -0.299 e. The highest BCUT2D eigenvalue weighted by molar-refractivity contribution is 5.78. The average Bonchev–Trinajstić information content (AvgIpc) is 3.49. The van der Waals surface area contributed by atoms with Crippen molar-refractivity contribution in [2.75, 3.05) is 0 Å². The van der Waals surface area contributed by atoms with Crippen LogP contribution in [0.4, 0.5) is 0 Å². The lowest BCUT2D eigenvalue weighted by Gasteiger charge is -2.24. The van der Waals surface area contributed by atoms with Crippen molar-refractivity contribution in [3.8, 4) is 28.2 Å². The number of hydrogen-bond acceptors (Lipinski definition) is 1. The van der Waals surface area contributed by atoms with E-state index in [1.807, 2.05) is 6.20 Å². The number of rotatable bonds is 4. The van der Waals surface area contributed by atoms with Crippen LogP contribution in [-0.4, -0.2) is 9.55 Å². The molecule has 0 spiro atoms. The van der Waals surface area contributed by atoms with Crippen LogP contribution in [0.3, 0.4) is 0 Å². The molecular formula is C35H34N2. The van der Waals surface area contributed by atoms with Crippen LogP contribution in [0, 0.1) is 13.8 Å². The Labute approximate surface area is 220 Å². The van der Waals surface area contributed by atoms with Crippen LogP contribution in [0.1, 0.15) is 59.7 Å². The van der Waals surface area contributed by atoms with Crippen molar-refractivity contribution in [2.45, 2.75) is 52.9 Å². The number of benzene rings is 4. The quantitative estimate of drug-likeness (QED) is 0.246. The van der Waals surface area contributed by atoms with Gasteiger partial charge in [-0.3, -0.25) is 4.57 Å². The molecule has 0 N–H and O–H groups in total. The van der Waals surface area contributed by atoms with Gasteiger partial charge in [0.05, 0.1) is 5.69 Å². The Bertz CT molecular complexity index is 1600. The van der Waals surface area contributed by atoms with Crippen molar-refractivity contribution in [1.82, 2.24) is 9.55 Å². The van der Waals surface area contributed by atoms with Crippen molar-refractivity contribution < 1.29 is 0 Å². The average molecular weight is 483 g/mol. The van der Waals surface area contributed by atoms with E-state index in [2.05, 4.69) is 124 Å². The van der Waals surface area contributed by atoms with Gasteiger partial charge in [-0.25, -0.2) is 4.98 Å².